The quantitative estimate of drug-likeness (QED) is 0.511. The van der Waals surface area contributed by atoms with E-state index in [0.717, 1.165) is 28.9 Å². The van der Waals surface area contributed by atoms with Crippen molar-refractivity contribution in [3.05, 3.63) is 71.0 Å². The molecule has 2 N–H and O–H groups in total. The first-order chi connectivity index (χ1) is 14.5. The summed E-state index contributed by atoms with van der Waals surface area (Å²) < 4.78 is 1.90. The van der Waals surface area contributed by atoms with E-state index in [1.54, 1.807) is 6.20 Å². The van der Waals surface area contributed by atoms with E-state index in [1.807, 2.05) is 67.1 Å². The summed E-state index contributed by atoms with van der Waals surface area (Å²) in [5, 5.41) is 6.84. The number of amides is 2. The first-order valence-electron chi connectivity index (χ1n) is 9.55. The standard InChI is InChI=1S/C22H23ClN4O2S/c1-3-16-7-4-5-9-18(16)26-20(28)13-25-21(29)14-30-22-24-11-12-27(22)19-10-6-8-17(23)15(19)2/h4-12H,3,13-14H2,1-2H3,(H,25,29)(H,26,28). The van der Waals surface area contributed by atoms with Gasteiger partial charge in [-0.05, 0) is 42.7 Å². The van der Waals surface area contributed by atoms with Crippen molar-refractivity contribution in [3.63, 3.8) is 0 Å². The molecule has 0 bridgehead atoms. The molecule has 3 rings (SSSR count). The maximum Gasteiger partial charge on any atom is 0.243 e. The molecule has 0 fully saturated rings. The number of carbonyl (C=O) groups is 2. The van der Waals surface area contributed by atoms with Gasteiger partial charge in [-0.1, -0.05) is 54.6 Å². The van der Waals surface area contributed by atoms with Crippen molar-refractivity contribution in [2.45, 2.75) is 25.4 Å². The van der Waals surface area contributed by atoms with Crippen LogP contribution in [0, 0.1) is 6.92 Å². The zero-order chi connectivity index (χ0) is 21.5. The number of para-hydroxylation sites is 1. The lowest BCUT2D eigenvalue weighted by Gasteiger charge is -2.12. The molecule has 1 aromatic heterocycles. The number of benzene rings is 2. The van der Waals surface area contributed by atoms with E-state index >= 15 is 0 Å². The third kappa shape index (κ3) is 5.43. The summed E-state index contributed by atoms with van der Waals surface area (Å²) in [7, 11) is 0. The molecule has 0 radical (unpaired) electrons. The normalized spacial score (nSPS) is 10.6. The number of anilines is 1. The summed E-state index contributed by atoms with van der Waals surface area (Å²) in [6.07, 6.45) is 4.33. The monoisotopic (exact) mass is 442 g/mol. The number of nitrogens with one attached hydrogen (secondary N) is 2. The van der Waals surface area contributed by atoms with E-state index in [0.29, 0.717) is 10.2 Å². The minimum absolute atomic E-state index is 0.0840. The average Bonchev–Trinajstić information content (AvgIpc) is 3.21. The van der Waals surface area contributed by atoms with Gasteiger partial charge in [-0.15, -0.1) is 0 Å². The van der Waals surface area contributed by atoms with Gasteiger partial charge in [-0.3, -0.25) is 14.2 Å². The van der Waals surface area contributed by atoms with E-state index in [2.05, 4.69) is 15.6 Å². The van der Waals surface area contributed by atoms with Gasteiger partial charge in [-0.25, -0.2) is 4.98 Å². The smallest absolute Gasteiger partial charge is 0.243 e. The number of hydrogen-bond donors (Lipinski definition) is 2. The molecule has 8 heteroatoms. The Morgan fingerprint density at radius 3 is 2.73 bits per heavy atom. The first kappa shape index (κ1) is 21.9. The predicted octanol–water partition coefficient (Wildman–Crippen LogP) is 4.24. The Balaban J connectivity index is 1.53. The molecule has 0 atom stereocenters. The molecule has 2 aromatic carbocycles. The molecule has 0 unspecified atom stereocenters. The van der Waals surface area contributed by atoms with E-state index in [9.17, 15) is 9.59 Å². The lowest BCUT2D eigenvalue weighted by atomic mass is 10.1. The van der Waals surface area contributed by atoms with E-state index in [4.69, 9.17) is 11.6 Å². The van der Waals surface area contributed by atoms with Gasteiger partial charge in [-0.2, -0.15) is 0 Å². The van der Waals surface area contributed by atoms with Gasteiger partial charge in [0.05, 0.1) is 18.0 Å². The van der Waals surface area contributed by atoms with Crippen LogP contribution in [0.2, 0.25) is 5.02 Å². The Kier molecular flexibility index (Phi) is 7.54. The van der Waals surface area contributed by atoms with Crippen LogP contribution in [0.15, 0.2) is 60.0 Å². The highest BCUT2D eigenvalue weighted by Crippen LogP contribution is 2.26. The fraction of sp³-hybridized carbons (Fsp3) is 0.227. The molecule has 3 aromatic rings. The summed E-state index contributed by atoms with van der Waals surface area (Å²) in [4.78, 5) is 28.7. The molecule has 6 nitrogen and oxygen atoms in total. The van der Waals surface area contributed by atoms with Crippen molar-refractivity contribution >= 4 is 40.9 Å². The number of carbonyl (C=O) groups excluding carboxylic acids is 2. The van der Waals surface area contributed by atoms with E-state index in [1.165, 1.54) is 11.8 Å². The maximum atomic E-state index is 12.2. The molecule has 0 saturated heterocycles. The van der Waals surface area contributed by atoms with Crippen LogP contribution in [0.3, 0.4) is 0 Å². The molecule has 0 spiro atoms. The number of aromatic nitrogens is 2. The molecule has 1 heterocycles. The first-order valence-corrected chi connectivity index (χ1v) is 10.9. The maximum absolute atomic E-state index is 12.2. The van der Waals surface area contributed by atoms with Gasteiger partial charge in [0.15, 0.2) is 5.16 Å². The highest BCUT2D eigenvalue weighted by atomic mass is 35.5. The van der Waals surface area contributed by atoms with Gasteiger partial charge >= 0.3 is 0 Å². The van der Waals surface area contributed by atoms with Crippen LogP contribution in [-0.4, -0.2) is 33.7 Å². The van der Waals surface area contributed by atoms with Crippen LogP contribution >= 0.6 is 23.4 Å². The zero-order valence-electron chi connectivity index (χ0n) is 16.8. The minimum atomic E-state index is -0.259. The molecule has 156 valence electrons. The molecule has 30 heavy (non-hydrogen) atoms. The second-order valence-corrected chi connectivity index (χ2v) is 7.94. The highest BCUT2D eigenvalue weighted by molar-refractivity contribution is 7.99. The van der Waals surface area contributed by atoms with Crippen molar-refractivity contribution < 1.29 is 9.59 Å². The van der Waals surface area contributed by atoms with Crippen LogP contribution in [-0.2, 0) is 16.0 Å². The predicted molar refractivity (Wildman–Crippen MR) is 121 cm³/mol. The van der Waals surface area contributed by atoms with Gasteiger partial charge in [0.2, 0.25) is 11.8 Å². The van der Waals surface area contributed by atoms with Crippen molar-refractivity contribution in [1.29, 1.82) is 0 Å². The molecular formula is C22H23ClN4O2S. The van der Waals surface area contributed by atoms with Crippen LogP contribution in [0.25, 0.3) is 5.69 Å². The van der Waals surface area contributed by atoms with Gasteiger partial charge < -0.3 is 10.6 Å². The largest absolute Gasteiger partial charge is 0.346 e. The molecule has 0 aliphatic carbocycles. The van der Waals surface area contributed by atoms with Crippen LogP contribution in [0.1, 0.15) is 18.1 Å². The number of hydrogen-bond acceptors (Lipinski definition) is 4. The summed E-state index contributed by atoms with van der Waals surface area (Å²) in [6, 6.07) is 13.3. The molecule has 0 aliphatic rings. The fourth-order valence-corrected chi connectivity index (χ4v) is 3.91. The van der Waals surface area contributed by atoms with Crippen LogP contribution in [0.4, 0.5) is 5.69 Å². The number of rotatable bonds is 8. The number of nitrogens with zero attached hydrogens (tertiary/aromatic N) is 2. The van der Waals surface area contributed by atoms with Crippen molar-refractivity contribution in [2.75, 3.05) is 17.6 Å². The summed E-state index contributed by atoms with van der Waals surface area (Å²) in [5.41, 5.74) is 3.67. The third-order valence-corrected chi connectivity index (χ3v) is 5.93. The Labute approximate surface area is 185 Å². The number of thioether (sulfide) groups is 1. The van der Waals surface area contributed by atoms with Crippen LogP contribution < -0.4 is 10.6 Å². The number of halogens is 1. The van der Waals surface area contributed by atoms with Gasteiger partial charge in [0, 0.05) is 23.1 Å². The summed E-state index contributed by atoms with van der Waals surface area (Å²) in [6.45, 7) is 3.88. The molecular weight excluding hydrogens is 420 g/mol. The Morgan fingerprint density at radius 1 is 1.13 bits per heavy atom. The second kappa shape index (κ2) is 10.3. The summed E-state index contributed by atoms with van der Waals surface area (Å²) in [5.74, 6) is -0.350. The van der Waals surface area contributed by atoms with Gasteiger partial charge in [0.1, 0.15) is 0 Å². The summed E-state index contributed by atoms with van der Waals surface area (Å²) >= 11 is 7.51. The van der Waals surface area contributed by atoms with Crippen molar-refractivity contribution in [2.24, 2.45) is 0 Å². The topological polar surface area (TPSA) is 76.0 Å². The Morgan fingerprint density at radius 2 is 1.93 bits per heavy atom. The lowest BCUT2D eigenvalue weighted by Crippen LogP contribution is -2.34. The van der Waals surface area contributed by atoms with Crippen molar-refractivity contribution in [3.8, 4) is 5.69 Å². The minimum Gasteiger partial charge on any atom is -0.346 e. The average molecular weight is 443 g/mol. The Bertz CT molecular complexity index is 1050. The van der Waals surface area contributed by atoms with Crippen LogP contribution in [0.5, 0.6) is 0 Å². The lowest BCUT2D eigenvalue weighted by molar-refractivity contribution is -0.122. The van der Waals surface area contributed by atoms with E-state index < -0.39 is 0 Å². The van der Waals surface area contributed by atoms with Crippen molar-refractivity contribution in [1.82, 2.24) is 14.9 Å². The molecule has 0 saturated carbocycles. The van der Waals surface area contributed by atoms with E-state index in [-0.39, 0.29) is 24.1 Å². The fourth-order valence-electron chi connectivity index (χ4n) is 2.94. The number of imidazole rings is 1. The second-order valence-electron chi connectivity index (χ2n) is 6.59. The highest BCUT2D eigenvalue weighted by Gasteiger charge is 2.13. The Hall–Kier alpha value is -2.77. The molecule has 2 amide bonds. The zero-order valence-corrected chi connectivity index (χ0v) is 18.4. The number of aryl methyl sites for hydroxylation is 1. The SMILES string of the molecule is CCc1ccccc1NC(=O)CNC(=O)CSc1nccn1-c1cccc(Cl)c1C. The van der Waals surface area contributed by atoms with Gasteiger partial charge in [0.25, 0.3) is 0 Å². The third-order valence-electron chi connectivity index (χ3n) is 4.56. The molecule has 0 aliphatic heterocycles.